The molecule has 1 aliphatic rings. The van der Waals surface area contributed by atoms with Crippen LogP contribution in [0.2, 0.25) is 0 Å². The Balaban J connectivity index is 2.09. The highest BCUT2D eigenvalue weighted by molar-refractivity contribution is 5.87. The second kappa shape index (κ2) is 4.71. The Labute approximate surface area is 127 Å². The second-order valence-corrected chi connectivity index (χ2v) is 5.36. The lowest BCUT2D eigenvalue weighted by atomic mass is 10.1. The fourth-order valence-corrected chi connectivity index (χ4v) is 3.23. The fourth-order valence-electron chi connectivity index (χ4n) is 3.23. The summed E-state index contributed by atoms with van der Waals surface area (Å²) in [7, 11) is 3.25. The molecule has 1 aliphatic carbocycles. The van der Waals surface area contributed by atoms with Crippen LogP contribution < -0.4 is 10.2 Å². The largest absolute Gasteiger partial charge is 0.497 e. The molecule has 0 saturated carbocycles. The fraction of sp³-hybridized carbons (Fsp3) is 0.167. The van der Waals surface area contributed by atoms with E-state index < -0.39 is 0 Å². The quantitative estimate of drug-likeness (QED) is 0.789. The molecule has 1 unspecified atom stereocenters. The van der Waals surface area contributed by atoms with Crippen molar-refractivity contribution in [2.24, 2.45) is 0 Å². The van der Waals surface area contributed by atoms with Crippen molar-refractivity contribution in [3.63, 3.8) is 0 Å². The molecule has 4 nitrogen and oxygen atoms in total. The number of H-pyrrole nitrogens is 1. The summed E-state index contributed by atoms with van der Waals surface area (Å²) in [5.41, 5.74) is 4.32. The molecule has 1 heterocycles. The standard InChI is InChI=1S/C18H15NO3/c1-21-10-7-8-11-13(9-10)18(22-2)15-16(11)19-14-6-4-3-5-12(14)17(15)20/h3-9,18H,1-2H3,(H,19,20). The number of hydrogen-bond acceptors (Lipinski definition) is 3. The smallest absolute Gasteiger partial charge is 0.196 e. The first kappa shape index (κ1) is 13.1. The van der Waals surface area contributed by atoms with Crippen LogP contribution in [-0.4, -0.2) is 19.2 Å². The number of aromatic amines is 1. The molecule has 0 amide bonds. The molecule has 2 aromatic carbocycles. The third-order valence-corrected chi connectivity index (χ3v) is 4.25. The van der Waals surface area contributed by atoms with Crippen LogP contribution >= 0.6 is 0 Å². The topological polar surface area (TPSA) is 51.3 Å². The van der Waals surface area contributed by atoms with Gasteiger partial charge in [0.1, 0.15) is 11.9 Å². The summed E-state index contributed by atoms with van der Waals surface area (Å²) in [6.07, 6.45) is -0.367. The Morgan fingerprint density at radius 3 is 2.68 bits per heavy atom. The second-order valence-electron chi connectivity index (χ2n) is 5.36. The molecule has 1 atom stereocenters. The van der Waals surface area contributed by atoms with Crippen molar-refractivity contribution in [3.05, 3.63) is 63.8 Å². The molecule has 0 radical (unpaired) electrons. The number of aromatic nitrogens is 1. The zero-order valence-electron chi connectivity index (χ0n) is 12.3. The van der Waals surface area contributed by atoms with Gasteiger partial charge in [-0.2, -0.15) is 0 Å². The van der Waals surface area contributed by atoms with E-state index in [0.717, 1.165) is 28.1 Å². The van der Waals surface area contributed by atoms with Crippen molar-refractivity contribution >= 4 is 10.9 Å². The zero-order valence-corrected chi connectivity index (χ0v) is 12.3. The Morgan fingerprint density at radius 1 is 1.09 bits per heavy atom. The number of hydrogen-bond donors (Lipinski definition) is 1. The van der Waals surface area contributed by atoms with Crippen LogP contribution in [0.15, 0.2) is 47.3 Å². The summed E-state index contributed by atoms with van der Waals surface area (Å²) in [6.45, 7) is 0. The van der Waals surface area contributed by atoms with Gasteiger partial charge in [-0.25, -0.2) is 0 Å². The first-order valence-electron chi connectivity index (χ1n) is 7.10. The molecule has 110 valence electrons. The number of benzene rings is 2. The Kier molecular flexibility index (Phi) is 2.81. The zero-order chi connectivity index (χ0) is 15.3. The van der Waals surface area contributed by atoms with Crippen LogP contribution in [0.4, 0.5) is 0 Å². The highest BCUT2D eigenvalue weighted by atomic mass is 16.5. The van der Waals surface area contributed by atoms with Gasteiger partial charge < -0.3 is 14.5 Å². The molecule has 0 spiro atoms. The summed E-state index contributed by atoms with van der Waals surface area (Å²) in [5.74, 6) is 0.755. The normalized spacial score (nSPS) is 15.6. The van der Waals surface area contributed by atoms with E-state index in [1.54, 1.807) is 14.2 Å². The minimum Gasteiger partial charge on any atom is -0.497 e. The monoisotopic (exact) mass is 293 g/mol. The van der Waals surface area contributed by atoms with E-state index in [1.165, 1.54) is 0 Å². The van der Waals surface area contributed by atoms with Gasteiger partial charge in [-0.3, -0.25) is 4.79 Å². The lowest BCUT2D eigenvalue weighted by Gasteiger charge is -2.11. The van der Waals surface area contributed by atoms with E-state index in [4.69, 9.17) is 9.47 Å². The molecular formula is C18H15NO3. The van der Waals surface area contributed by atoms with Crippen LogP contribution in [0.5, 0.6) is 5.75 Å². The van der Waals surface area contributed by atoms with Crippen LogP contribution in [0.25, 0.3) is 22.2 Å². The summed E-state index contributed by atoms with van der Waals surface area (Å²) in [4.78, 5) is 16.3. The number of ether oxygens (including phenoxy) is 2. The molecule has 0 bridgehead atoms. The first-order valence-corrected chi connectivity index (χ1v) is 7.10. The van der Waals surface area contributed by atoms with Gasteiger partial charge in [0.25, 0.3) is 0 Å². The van der Waals surface area contributed by atoms with E-state index in [-0.39, 0.29) is 11.5 Å². The SMILES string of the molecule is COc1ccc2c(c1)C(OC)c1c-2[nH]c2ccccc2c1=O. The number of methoxy groups -OCH3 is 2. The van der Waals surface area contributed by atoms with Crippen LogP contribution in [-0.2, 0) is 4.74 Å². The van der Waals surface area contributed by atoms with Crippen LogP contribution in [0.1, 0.15) is 17.2 Å². The number of pyridine rings is 1. The maximum atomic E-state index is 12.9. The summed E-state index contributed by atoms with van der Waals surface area (Å²) in [6, 6.07) is 13.3. The predicted octanol–water partition coefficient (Wildman–Crippen LogP) is 3.25. The van der Waals surface area contributed by atoms with Crippen molar-refractivity contribution in [1.29, 1.82) is 0 Å². The highest BCUT2D eigenvalue weighted by Crippen LogP contribution is 2.44. The van der Waals surface area contributed by atoms with Gasteiger partial charge >= 0.3 is 0 Å². The summed E-state index contributed by atoms with van der Waals surface area (Å²) in [5, 5.41) is 0.683. The van der Waals surface area contributed by atoms with Gasteiger partial charge in [0.05, 0.1) is 18.4 Å². The van der Waals surface area contributed by atoms with Crippen molar-refractivity contribution in [2.45, 2.75) is 6.10 Å². The minimum atomic E-state index is -0.367. The average Bonchev–Trinajstić information content (AvgIpc) is 2.88. The third-order valence-electron chi connectivity index (χ3n) is 4.25. The number of fused-ring (bicyclic) bond motifs is 4. The average molecular weight is 293 g/mol. The van der Waals surface area contributed by atoms with Crippen molar-refractivity contribution in [1.82, 2.24) is 4.98 Å². The lowest BCUT2D eigenvalue weighted by molar-refractivity contribution is 0.139. The van der Waals surface area contributed by atoms with E-state index in [9.17, 15) is 4.79 Å². The van der Waals surface area contributed by atoms with Crippen LogP contribution in [0, 0.1) is 0 Å². The maximum absolute atomic E-state index is 12.9. The third kappa shape index (κ3) is 1.64. The minimum absolute atomic E-state index is 0.0198. The van der Waals surface area contributed by atoms with Gasteiger partial charge in [-0.05, 0) is 35.9 Å². The van der Waals surface area contributed by atoms with E-state index >= 15 is 0 Å². The van der Waals surface area contributed by atoms with Gasteiger partial charge in [0, 0.05) is 23.6 Å². The molecule has 0 fully saturated rings. The predicted molar refractivity (Wildman–Crippen MR) is 85.4 cm³/mol. The Bertz CT molecular complexity index is 943. The molecule has 4 rings (SSSR count). The number of para-hydroxylation sites is 1. The highest BCUT2D eigenvalue weighted by Gasteiger charge is 2.33. The lowest BCUT2D eigenvalue weighted by Crippen LogP contribution is -2.14. The molecule has 0 saturated heterocycles. The van der Waals surface area contributed by atoms with E-state index in [1.807, 2.05) is 42.5 Å². The van der Waals surface area contributed by atoms with Gasteiger partial charge in [-0.1, -0.05) is 12.1 Å². The van der Waals surface area contributed by atoms with Crippen molar-refractivity contribution in [3.8, 4) is 17.0 Å². The first-order chi connectivity index (χ1) is 10.7. The van der Waals surface area contributed by atoms with E-state index in [0.29, 0.717) is 10.9 Å². The van der Waals surface area contributed by atoms with Gasteiger partial charge in [-0.15, -0.1) is 0 Å². The van der Waals surface area contributed by atoms with Gasteiger partial charge in [0.15, 0.2) is 5.43 Å². The molecule has 22 heavy (non-hydrogen) atoms. The summed E-state index contributed by atoms with van der Waals surface area (Å²) < 4.78 is 10.9. The molecule has 1 aromatic heterocycles. The molecule has 3 aromatic rings. The van der Waals surface area contributed by atoms with Crippen LogP contribution in [0.3, 0.4) is 0 Å². The summed E-state index contributed by atoms with van der Waals surface area (Å²) >= 11 is 0. The Morgan fingerprint density at radius 2 is 1.91 bits per heavy atom. The van der Waals surface area contributed by atoms with Gasteiger partial charge in [0.2, 0.25) is 0 Å². The maximum Gasteiger partial charge on any atom is 0.196 e. The Hall–Kier alpha value is -2.59. The van der Waals surface area contributed by atoms with Crippen molar-refractivity contribution < 1.29 is 9.47 Å². The number of nitrogens with one attached hydrogen (secondary N) is 1. The van der Waals surface area contributed by atoms with E-state index in [2.05, 4.69) is 4.98 Å². The molecule has 1 N–H and O–H groups in total. The molecule has 0 aliphatic heterocycles. The molecular weight excluding hydrogens is 278 g/mol. The molecule has 4 heteroatoms. The number of rotatable bonds is 2. The van der Waals surface area contributed by atoms with Crippen molar-refractivity contribution in [2.75, 3.05) is 14.2 Å².